The number of fused-ring (bicyclic) bond motifs is 1. The molecule has 0 aliphatic heterocycles. The summed E-state index contributed by atoms with van der Waals surface area (Å²) >= 11 is 0. The fraction of sp³-hybridized carbons (Fsp3) is 0.273. The van der Waals surface area contributed by atoms with Gasteiger partial charge in [-0.2, -0.15) is 0 Å². The molecule has 1 N–H and O–H groups in total. The van der Waals surface area contributed by atoms with Gasteiger partial charge in [0.25, 0.3) is 0 Å². The van der Waals surface area contributed by atoms with Crippen molar-refractivity contribution in [1.29, 1.82) is 0 Å². The monoisotopic (exact) mass is 174 g/mol. The Morgan fingerprint density at radius 1 is 1.38 bits per heavy atom. The lowest BCUT2D eigenvalue weighted by Crippen LogP contribution is -2.24. The summed E-state index contributed by atoms with van der Waals surface area (Å²) in [4.78, 5) is 0. The maximum absolute atomic E-state index is 9.83. The van der Waals surface area contributed by atoms with Crippen LogP contribution < -0.4 is 0 Å². The first-order valence-corrected chi connectivity index (χ1v) is 4.29. The quantitative estimate of drug-likeness (QED) is 0.704. The highest BCUT2D eigenvalue weighted by atomic mass is 16.3. The number of hydrogen-bond donors (Lipinski definition) is 1. The second-order valence-electron chi connectivity index (χ2n) is 3.67. The van der Waals surface area contributed by atoms with E-state index in [1.54, 1.807) is 13.8 Å². The molecule has 67 valence electrons. The summed E-state index contributed by atoms with van der Waals surface area (Å²) in [7, 11) is 0. The minimum Gasteiger partial charge on any atom is -0.371 e. The normalized spacial score (nSPS) is 12.2. The molecule has 0 atom stereocenters. The summed E-state index contributed by atoms with van der Waals surface area (Å²) in [5.41, 5.74) is 0.189. The van der Waals surface area contributed by atoms with E-state index in [0.29, 0.717) is 0 Å². The smallest absolute Gasteiger partial charge is 0.136 e. The van der Waals surface area contributed by atoms with E-state index in [0.717, 1.165) is 10.9 Å². The van der Waals surface area contributed by atoms with Crippen LogP contribution in [0.25, 0.3) is 10.9 Å². The van der Waals surface area contributed by atoms with Crippen molar-refractivity contribution in [3.05, 3.63) is 36.5 Å². The fourth-order valence-electron chi connectivity index (χ4n) is 1.50. The zero-order valence-corrected chi connectivity index (χ0v) is 7.78. The summed E-state index contributed by atoms with van der Waals surface area (Å²) in [6.07, 6.45) is 1.89. The fourth-order valence-corrected chi connectivity index (χ4v) is 1.50. The predicted octanol–water partition coefficient (Wildman–Crippen LogP) is 2.13. The van der Waals surface area contributed by atoms with Gasteiger partial charge < -0.3 is 9.67 Å². The van der Waals surface area contributed by atoms with Gasteiger partial charge in [0, 0.05) is 11.6 Å². The lowest BCUT2D eigenvalue weighted by atomic mass is 10.2. The van der Waals surface area contributed by atoms with Crippen molar-refractivity contribution in [2.75, 3.05) is 0 Å². The van der Waals surface area contributed by atoms with Crippen LogP contribution in [0.15, 0.2) is 30.5 Å². The zero-order chi connectivity index (χ0) is 9.47. The van der Waals surface area contributed by atoms with E-state index in [4.69, 9.17) is 0 Å². The number of nitrogens with zero attached hydrogens (tertiary/aromatic N) is 1. The van der Waals surface area contributed by atoms with E-state index in [1.165, 1.54) is 0 Å². The topological polar surface area (TPSA) is 25.2 Å². The van der Waals surface area contributed by atoms with E-state index >= 15 is 0 Å². The molecule has 0 aliphatic rings. The maximum Gasteiger partial charge on any atom is 0.136 e. The molecule has 1 aromatic carbocycles. The van der Waals surface area contributed by atoms with Crippen LogP contribution in [0.3, 0.4) is 0 Å². The lowest BCUT2D eigenvalue weighted by molar-refractivity contribution is 0.00624. The third kappa shape index (κ3) is 1.33. The van der Waals surface area contributed by atoms with Crippen LogP contribution in [-0.2, 0) is 5.72 Å². The average Bonchev–Trinajstić information content (AvgIpc) is 2.45. The highest BCUT2D eigenvalue weighted by Gasteiger charge is 2.16. The molecule has 2 nitrogen and oxygen atoms in total. The molecule has 0 spiro atoms. The van der Waals surface area contributed by atoms with E-state index in [9.17, 15) is 5.11 Å². The number of rotatable bonds is 1. The average molecular weight is 174 g/mol. The van der Waals surface area contributed by atoms with Crippen LogP contribution in [0.4, 0.5) is 0 Å². The Labute approximate surface area is 77.4 Å². The van der Waals surface area contributed by atoms with Crippen LogP contribution >= 0.6 is 0 Å². The van der Waals surface area contributed by atoms with Gasteiger partial charge in [-0.1, -0.05) is 6.07 Å². The third-order valence-corrected chi connectivity index (χ3v) is 2.12. The van der Waals surface area contributed by atoms with Gasteiger partial charge >= 0.3 is 0 Å². The Balaban J connectivity index is 2.72. The van der Waals surface area contributed by atoms with E-state index in [-0.39, 0.29) is 0 Å². The number of benzene rings is 1. The summed E-state index contributed by atoms with van der Waals surface area (Å²) in [6, 6.07) is 10.7. The first-order valence-electron chi connectivity index (χ1n) is 4.29. The first-order chi connectivity index (χ1) is 6.09. The summed E-state index contributed by atoms with van der Waals surface area (Å²) in [5.74, 6) is 0. The van der Waals surface area contributed by atoms with Crippen LogP contribution in [0.2, 0.25) is 0 Å². The van der Waals surface area contributed by atoms with E-state index < -0.39 is 5.72 Å². The second-order valence-corrected chi connectivity index (χ2v) is 3.67. The van der Waals surface area contributed by atoms with Crippen molar-refractivity contribution >= 4 is 10.9 Å². The third-order valence-electron chi connectivity index (χ3n) is 2.12. The standard InChI is InChI=1S/C11H12NO/c1-11(2,13)12-8-7-9-5-3-4-6-10(9)12/h4-8,13H,1-2H3. The Bertz CT molecular complexity index is 423. The predicted molar refractivity (Wildman–Crippen MR) is 52.3 cm³/mol. The molecule has 1 aromatic heterocycles. The molecule has 2 heteroatoms. The minimum atomic E-state index is -0.844. The zero-order valence-electron chi connectivity index (χ0n) is 7.78. The molecule has 1 radical (unpaired) electrons. The summed E-state index contributed by atoms with van der Waals surface area (Å²) < 4.78 is 1.84. The van der Waals surface area contributed by atoms with Crippen LogP contribution in [-0.4, -0.2) is 9.67 Å². The van der Waals surface area contributed by atoms with Crippen molar-refractivity contribution in [1.82, 2.24) is 4.57 Å². The highest BCUT2D eigenvalue weighted by Crippen LogP contribution is 2.21. The Hall–Kier alpha value is -1.28. The lowest BCUT2D eigenvalue weighted by Gasteiger charge is -2.20. The molecule has 0 aliphatic carbocycles. The Kier molecular flexibility index (Phi) is 1.67. The van der Waals surface area contributed by atoms with Gasteiger partial charge in [-0.05, 0) is 38.1 Å². The molecular formula is C11H12NO. The van der Waals surface area contributed by atoms with Crippen molar-refractivity contribution in [3.8, 4) is 0 Å². The van der Waals surface area contributed by atoms with Crippen LogP contribution in [0.5, 0.6) is 0 Å². The van der Waals surface area contributed by atoms with Gasteiger partial charge in [0.2, 0.25) is 0 Å². The maximum atomic E-state index is 9.83. The van der Waals surface area contributed by atoms with Crippen molar-refractivity contribution < 1.29 is 5.11 Å². The van der Waals surface area contributed by atoms with Crippen molar-refractivity contribution in [2.24, 2.45) is 0 Å². The molecule has 0 saturated carbocycles. The molecule has 0 bridgehead atoms. The molecule has 0 fully saturated rings. The van der Waals surface area contributed by atoms with Gasteiger partial charge in [-0.25, -0.2) is 0 Å². The van der Waals surface area contributed by atoms with Crippen molar-refractivity contribution in [2.45, 2.75) is 19.6 Å². The second kappa shape index (κ2) is 2.60. The van der Waals surface area contributed by atoms with E-state index in [1.807, 2.05) is 35.0 Å². The molecule has 1 heterocycles. The Morgan fingerprint density at radius 3 is 2.85 bits per heavy atom. The Morgan fingerprint density at radius 2 is 2.15 bits per heavy atom. The number of aromatic nitrogens is 1. The highest BCUT2D eigenvalue weighted by molar-refractivity contribution is 5.79. The van der Waals surface area contributed by atoms with Crippen LogP contribution in [0, 0.1) is 6.07 Å². The van der Waals surface area contributed by atoms with Gasteiger partial charge in [-0.15, -0.1) is 0 Å². The van der Waals surface area contributed by atoms with E-state index in [2.05, 4.69) is 6.07 Å². The molecular weight excluding hydrogens is 162 g/mol. The minimum absolute atomic E-state index is 0.844. The van der Waals surface area contributed by atoms with Crippen molar-refractivity contribution in [3.63, 3.8) is 0 Å². The van der Waals surface area contributed by atoms with Gasteiger partial charge in [0.05, 0.1) is 5.52 Å². The summed E-state index contributed by atoms with van der Waals surface area (Å²) in [5, 5.41) is 10.9. The van der Waals surface area contributed by atoms with Crippen LogP contribution in [0.1, 0.15) is 13.8 Å². The largest absolute Gasteiger partial charge is 0.371 e. The van der Waals surface area contributed by atoms with Gasteiger partial charge in [-0.3, -0.25) is 0 Å². The molecule has 2 rings (SSSR count). The molecule has 13 heavy (non-hydrogen) atoms. The van der Waals surface area contributed by atoms with Gasteiger partial charge in [0.1, 0.15) is 5.72 Å². The molecule has 0 unspecified atom stereocenters. The molecule has 0 saturated heterocycles. The SMILES string of the molecule is CC(C)(O)n1ccc2c[c]ccc21. The number of aliphatic hydroxyl groups is 1. The molecule has 2 aromatic rings. The number of hydrogen-bond acceptors (Lipinski definition) is 1. The molecule has 0 amide bonds. The first kappa shape index (κ1) is 8.32. The van der Waals surface area contributed by atoms with Gasteiger partial charge in [0.15, 0.2) is 0 Å². The summed E-state index contributed by atoms with van der Waals surface area (Å²) in [6.45, 7) is 3.53.